The van der Waals surface area contributed by atoms with Gasteiger partial charge in [-0.1, -0.05) is 32.0 Å². The van der Waals surface area contributed by atoms with Crippen LogP contribution in [0.1, 0.15) is 36.3 Å². The molecule has 0 aliphatic rings. The van der Waals surface area contributed by atoms with Crippen molar-refractivity contribution in [3.63, 3.8) is 0 Å². The summed E-state index contributed by atoms with van der Waals surface area (Å²) in [6.07, 6.45) is -4.38. The molecule has 2 aromatic rings. The van der Waals surface area contributed by atoms with Crippen molar-refractivity contribution in [2.45, 2.75) is 32.5 Å². The van der Waals surface area contributed by atoms with Gasteiger partial charge in [0.2, 0.25) is 5.91 Å². The Hall–Kier alpha value is -2.64. The molecule has 0 fully saturated rings. The Bertz CT molecular complexity index is 834. The number of nitrogens with zero attached hydrogens (tertiary/aromatic N) is 2. The Balaban J connectivity index is 2.56. The highest BCUT2D eigenvalue weighted by Crippen LogP contribution is 2.31. The van der Waals surface area contributed by atoms with Crippen molar-refractivity contribution in [2.75, 3.05) is 7.05 Å². The zero-order chi connectivity index (χ0) is 19.6. The Morgan fingerprint density at radius 1 is 1.23 bits per heavy atom. The summed E-state index contributed by atoms with van der Waals surface area (Å²) in [5.74, 6) is -1.34. The molecule has 0 bridgehead atoms. The SMILES string of the molecule is CC(C)C[C@@H](C(N)=O)N(C)C(=O)c1cc(C(F)(F)F)nc2ccccc12. The summed E-state index contributed by atoms with van der Waals surface area (Å²) in [5, 5.41) is 0.283. The maximum Gasteiger partial charge on any atom is 0.433 e. The molecule has 8 heteroatoms. The number of hydrogen-bond donors (Lipinski definition) is 1. The maximum atomic E-state index is 13.2. The van der Waals surface area contributed by atoms with Crippen molar-refractivity contribution in [1.29, 1.82) is 0 Å². The summed E-state index contributed by atoms with van der Waals surface area (Å²) in [4.78, 5) is 29.3. The Morgan fingerprint density at radius 3 is 2.38 bits per heavy atom. The smallest absolute Gasteiger partial charge is 0.368 e. The van der Waals surface area contributed by atoms with Crippen LogP contribution >= 0.6 is 0 Å². The summed E-state index contributed by atoms with van der Waals surface area (Å²) in [6.45, 7) is 3.72. The van der Waals surface area contributed by atoms with Gasteiger partial charge >= 0.3 is 6.18 Å². The predicted molar refractivity (Wildman–Crippen MR) is 91.3 cm³/mol. The normalized spacial score (nSPS) is 13.0. The summed E-state index contributed by atoms with van der Waals surface area (Å²) >= 11 is 0. The lowest BCUT2D eigenvalue weighted by atomic mass is 10.0. The number of pyridine rings is 1. The molecule has 5 nitrogen and oxygen atoms in total. The van der Waals surface area contributed by atoms with Crippen LogP contribution in [0.3, 0.4) is 0 Å². The fourth-order valence-corrected chi connectivity index (χ4v) is 2.74. The first-order valence-corrected chi connectivity index (χ1v) is 8.05. The molecule has 1 aromatic carbocycles. The number of benzene rings is 1. The largest absolute Gasteiger partial charge is 0.433 e. The molecule has 0 spiro atoms. The van der Waals surface area contributed by atoms with Gasteiger partial charge in [0.25, 0.3) is 5.91 Å². The van der Waals surface area contributed by atoms with Crippen LogP contribution in [0.25, 0.3) is 10.9 Å². The van der Waals surface area contributed by atoms with E-state index in [0.29, 0.717) is 12.5 Å². The topological polar surface area (TPSA) is 76.3 Å². The fourth-order valence-electron chi connectivity index (χ4n) is 2.74. The fraction of sp³-hybridized carbons (Fsp3) is 0.389. The summed E-state index contributed by atoms with van der Waals surface area (Å²) in [7, 11) is 1.36. The van der Waals surface area contributed by atoms with Gasteiger partial charge in [-0.25, -0.2) is 4.98 Å². The third-order valence-electron chi connectivity index (χ3n) is 4.05. The van der Waals surface area contributed by atoms with E-state index in [1.165, 1.54) is 19.2 Å². The summed E-state index contributed by atoms with van der Waals surface area (Å²) < 4.78 is 39.5. The van der Waals surface area contributed by atoms with Crippen molar-refractivity contribution in [3.8, 4) is 0 Å². The zero-order valence-electron chi connectivity index (χ0n) is 14.7. The molecule has 140 valence electrons. The second-order valence-corrected chi connectivity index (χ2v) is 6.53. The average Bonchev–Trinajstić information content (AvgIpc) is 2.56. The van der Waals surface area contributed by atoms with E-state index in [2.05, 4.69) is 4.98 Å². The molecular weight excluding hydrogens is 347 g/mol. The van der Waals surface area contributed by atoms with Crippen LogP contribution in [0, 0.1) is 5.92 Å². The lowest BCUT2D eigenvalue weighted by Crippen LogP contribution is -2.46. The number of fused-ring (bicyclic) bond motifs is 1. The quantitative estimate of drug-likeness (QED) is 0.881. The molecule has 0 saturated carbocycles. The molecule has 0 aliphatic carbocycles. The number of primary amides is 1. The van der Waals surface area contributed by atoms with Gasteiger partial charge in [0.05, 0.1) is 11.1 Å². The number of nitrogens with two attached hydrogens (primary N) is 1. The molecule has 1 atom stereocenters. The molecule has 0 saturated heterocycles. The number of alkyl halides is 3. The van der Waals surface area contributed by atoms with Crippen LogP contribution in [0.2, 0.25) is 0 Å². The van der Waals surface area contributed by atoms with Gasteiger partial charge in [0.15, 0.2) is 0 Å². The van der Waals surface area contributed by atoms with E-state index in [4.69, 9.17) is 5.73 Å². The van der Waals surface area contributed by atoms with Crippen LogP contribution in [-0.4, -0.2) is 34.8 Å². The van der Waals surface area contributed by atoms with Gasteiger partial charge in [-0.3, -0.25) is 9.59 Å². The molecule has 0 aliphatic heterocycles. The minimum absolute atomic E-state index is 0.0542. The van der Waals surface area contributed by atoms with Crippen molar-refractivity contribution < 1.29 is 22.8 Å². The molecule has 1 aromatic heterocycles. The Labute approximate surface area is 149 Å². The van der Waals surface area contributed by atoms with Crippen LogP contribution < -0.4 is 5.73 Å². The zero-order valence-corrected chi connectivity index (χ0v) is 14.7. The maximum absolute atomic E-state index is 13.2. The number of hydrogen-bond acceptors (Lipinski definition) is 3. The van der Waals surface area contributed by atoms with E-state index in [-0.39, 0.29) is 22.4 Å². The lowest BCUT2D eigenvalue weighted by Gasteiger charge is -2.27. The van der Waals surface area contributed by atoms with Gasteiger partial charge < -0.3 is 10.6 Å². The van der Waals surface area contributed by atoms with Gasteiger partial charge in [0, 0.05) is 12.4 Å². The van der Waals surface area contributed by atoms with Gasteiger partial charge in [-0.15, -0.1) is 0 Å². The highest BCUT2D eigenvalue weighted by Gasteiger charge is 2.35. The number of likely N-dealkylation sites (N-methyl/N-ethyl adjacent to an activating group) is 1. The molecule has 2 amide bonds. The van der Waals surface area contributed by atoms with E-state index in [1.807, 2.05) is 13.8 Å². The number of halogens is 3. The molecule has 0 radical (unpaired) electrons. The first-order chi connectivity index (χ1) is 12.0. The molecular formula is C18H20F3N3O2. The van der Waals surface area contributed by atoms with Crippen LogP contribution in [-0.2, 0) is 11.0 Å². The Morgan fingerprint density at radius 2 is 1.85 bits per heavy atom. The number of carbonyl (C=O) groups is 2. The van der Waals surface area contributed by atoms with E-state index in [9.17, 15) is 22.8 Å². The first-order valence-electron chi connectivity index (χ1n) is 8.05. The lowest BCUT2D eigenvalue weighted by molar-refractivity contribution is -0.141. The van der Waals surface area contributed by atoms with Crippen molar-refractivity contribution in [1.82, 2.24) is 9.88 Å². The molecule has 26 heavy (non-hydrogen) atoms. The number of para-hydroxylation sites is 1. The third-order valence-corrected chi connectivity index (χ3v) is 4.05. The number of amides is 2. The first kappa shape index (κ1) is 19.7. The van der Waals surface area contributed by atoms with E-state index >= 15 is 0 Å². The minimum Gasteiger partial charge on any atom is -0.368 e. The highest BCUT2D eigenvalue weighted by molar-refractivity contribution is 6.07. The second-order valence-electron chi connectivity index (χ2n) is 6.53. The molecule has 0 unspecified atom stereocenters. The standard InChI is InChI=1S/C18H20F3N3O2/c1-10(2)8-14(16(22)25)24(3)17(26)12-9-15(18(19,20)21)23-13-7-5-4-6-11(12)13/h4-7,9-10,14H,8H2,1-3H3,(H2,22,25)/t14-/m0/s1. The molecule has 2 rings (SSSR count). The number of aromatic nitrogens is 1. The van der Waals surface area contributed by atoms with Crippen molar-refractivity contribution in [3.05, 3.63) is 41.6 Å². The Kier molecular flexibility index (Phi) is 5.53. The van der Waals surface area contributed by atoms with Crippen molar-refractivity contribution in [2.24, 2.45) is 11.7 Å². The van der Waals surface area contributed by atoms with Crippen LogP contribution in [0.5, 0.6) is 0 Å². The van der Waals surface area contributed by atoms with Gasteiger partial charge in [-0.2, -0.15) is 13.2 Å². The predicted octanol–water partition coefficient (Wildman–Crippen LogP) is 3.23. The van der Waals surface area contributed by atoms with Gasteiger partial charge in [0.1, 0.15) is 11.7 Å². The minimum atomic E-state index is -4.70. The monoisotopic (exact) mass is 367 g/mol. The number of carbonyl (C=O) groups excluding carboxylic acids is 2. The average molecular weight is 367 g/mol. The van der Waals surface area contributed by atoms with E-state index in [1.54, 1.807) is 12.1 Å². The van der Waals surface area contributed by atoms with E-state index < -0.39 is 29.7 Å². The summed E-state index contributed by atoms with van der Waals surface area (Å²) in [5.41, 5.74) is 4.12. The second kappa shape index (κ2) is 7.31. The van der Waals surface area contributed by atoms with Crippen molar-refractivity contribution >= 4 is 22.7 Å². The highest BCUT2D eigenvalue weighted by atomic mass is 19.4. The van der Waals surface area contributed by atoms with Crippen LogP contribution in [0.4, 0.5) is 13.2 Å². The third kappa shape index (κ3) is 4.12. The van der Waals surface area contributed by atoms with E-state index in [0.717, 1.165) is 4.90 Å². The number of rotatable bonds is 5. The molecule has 1 heterocycles. The molecule has 2 N–H and O–H groups in total. The van der Waals surface area contributed by atoms with Gasteiger partial charge in [-0.05, 0) is 24.5 Å². The van der Waals surface area contributed by atoms with Crippen LogP contribution in [0.15, 0.2) is 30.3 Å². The summed E-state index contributed by atoms with van der Waals surface area (Å²) in [6, 6.07) is 5.87.